The van der Waals surface area contributed by atoms with E-state index in [2.05, 4.69) is 4.90 Å². The number of hydrogen-bond donors (Lipinski definition) is 0. The van der Waals surface area contributed by atoms with Crippen LogP contribution in [0.5, 0.6) is 11.5 Å². The number of amides is 1. The SMILES string of the molecule is COc1cc2c(cc1OC)C1N(CCC3CCCCN31)C2=O. The first-order valence-electron chi connectivity index (χ1n) is 8.07. The molecule has 0 saturated carbocycles. The molecule has 2 unspecified atom stereocenters. The number of hydrogen-bond acceptors (Lipinski definition) is 4. The van der Waals surface area contributed by atoms with E-state index in [1.807, 2.05) is 17.0 Å². The fraction of sp³-hybridized carbons (Fsp3) is 0.588. The average molecular weight is 302 g/mol. The summed E-state index contributed by atoms with van der Waals surface area (Å²) in [6, 6.07) is 4.45. The highest BCUT2D eigenvalue weighted by Crippen LogP contribution is 2.46. The molecule has 0 spiro atoms. The monoisotopic (exact) mass is 302 g/mol. The Kier molecular flexibility index (Phi) is 3.26. The van der Waals surface area contributed by atoms with Gasteiger partial charge in [-0.3, -0.25) is 9.69 Å². The minimum Gasteiger partial charge on any atom is -0.493 e. The van der Waals surface area contributed by atoms with Gasteiger partial charge in [0, 0.05) is 24.7 Å². The number of benzene rings is 1. The summed E-state index contributed by atoms with van der Waals surface area (Å²) >= 11 is 0. The Hall–Kier alpha value is -1.75. The summed E-state index contributed by atoms with van der Waals surface area (Å²) in [7, 11) is 3.25. The van der Waals surface area contributed by atoms with Crippen LogP contribution in [0, 0.1) is 0 Å². The third-order valence-electron chi connectivity index (χ3n) is 5.31. The zero-order chi connectivity index (χ0) is 15.3. The molecule has 22 heavy (non-hydrogen) atoms. The maximum absolute atomic E-state index is 12.8. The van der Waals surface area contributed by atoms with Crippen LogP contribution in [0.2, 0.25) is 0 Å². The van der Waals surface area contributed by atoms with Gasteiger partial charge in [0.2, 0.25) is 0 Å². The van der Waals surface area contributed by atoms with Crippen molar-refractivity contribution in [3.05, 3.63) is 23.3 Å². The summed E-state index contributed by atoms with van der Waals surface area (Å²) in [4.78, 5) is 17.3. The Morgan fingerprint density at radius 2 is 1.82 bits per heavy atom. The molecule has 3 aliphatic heterocycles. The lowest BCUT2D eigenvalue weighted by molar-refractivity contribution is -0.0306. The normalized spacial score (nSPS) is 27.2. The third kappa shape index (κ3) is 1.85. The molecule has 0 aromatic heterocycles. The van der Waals surface area contributed by atoms with Gasteiger partial charge in [-0.05, 0) is 31.4 Å². The van der Waals surface area contributed by atoms with Crippen molar-refractivity contribution in [2.75, 3.05) is 27.3 Å². The molecule has 0 bridgehead atoms. The van der Waals surface area contributed by atoms with Gasteiger partial charge in [0.15, 0.2) is 11.5 Å². The number of methoxy groups -OCH3 is 2. The van der Waals surface area contributed by atoms with E-state index < -0.39 is 0 Å². The molecule has 0 radical (unpaired) electrons. The second kappa shape index (κ2) is 5.16. The van der Waals surface area contributed by atoms with Gasteiger partial charge in [-0.1, -0.05) is 6.42 Å². The highest BCUT2D eigenvalue weighted by Gasteiger charge is 2.46. The molecular weight excluding hydrogens is 280 g/mol. The molecule has 2 fully saturated rings. The molecule has 1 aromatic carbocycles. The van der Waals surface area contributed by atoms with Gasteiger partial charge >= 0.3 is 0 Å². The Labute approximate surface area is 130 Å². The Bertz CT molecular complexity index is 616. The molecule has 3 aliphatic rings. The molecular formula is C17H22N2O3. The molecule has 2 saturated heterocycles. The predicted octanol–water partition coefficient (Wildman–Crippen LogP) is 2.42. The number of fused-ring (bicyclic) bond motifs is 5. The fourth-order valence-electron chi connectivity index (χ4n) is 4.25. The highest BCUT2D eigenvalue weighted by atomic mass is 16.5. The minimum absolute atomic E-state index is 0.0846. The zero-order valence-corrected chi connectivity index (χ0v) is 13.2. The van der Waals surface area contributed by atoms with Crippen molar-refractivity contribution in [1.29, 1.82) is 0 Å². The largest absolute Gasteiger partial charge is 0.493 e. The van der Waals surface area contributed by atoms with E-state index in [9.17, 15) is 4.79 Å². The van der Waals surface area contributed by atoms with E-state index in [1.165, 1.54) is 19.3 Å². The smallest absolute Gasteiger partial charge is 0.255 e. The highest BCUT2D eigenvalue weighted by molar-refractivity contribution is 6.00. The standard InChI is InChI=1S/C17H22N2O3/c1-21-14-9-12-13(10-15(14)22-2)17(20)19-8-6-11-5-3-4-7-18(11)16(12)19/h9-11,16H,3-8H2,1-2H3. The molecule has 1 aromatic rings. The fourth-order valence-corrected chi connectivity index (χ4v) is 4.25. The van der Waals surface area contributed by atoms with Gasteiger partial charge in [0.1, 0.15) is 6.17 Å². The number of carbonyl (C=O) groups excluding carboxylic acids is 1. The Balaban J connectivity index is 1.81. The van der Waals surface area contributed by atoms with Crippen molar-refractivity contribution in [3.63, 3.8) is 0 Å². The second-order valence-electron chi connectivity index (χ2n) is 6.34. The van der Waals surface area contributed by atoms with Gasteiger partial charge in [-0.25, -0.2) is 0 Å². The average Bonchev–Trinajstić information content (AvgIpc) is 2.86. The molecule has 5 heteroatoms. The summed E-state index contributed by atoms with van der Waals surface area (Å²) < 4.78 is 10.8. The third-order valence-corrected chi connectivity index (χ3v) is 5.31. The van der Waals surface area contributed by atoms with E-state index in [0.717, 1.165) is 30.6 Å². The van der Waals surface area contributed by atoms with E-state index in [4.69, 9.17) is 9.47 Å². The van der Waals surface area contributed by atoms with Crippen LogP contribution in [0.3, 0.4) is 0 Å². The molecule has 4 rings (SSSR count). The minimum atomic E-state index is 0.0846. The number of carbonyl (C=O) groups is 1. The summed E-state index contributed by atoms with van der Waals surface area (Å²) in [5.74, 6) is 1.46. The lowest BCUT2D eigenvalue weighted by Crippen LogP contribution is -2.53. The quantitative estimate of drug-likeness (QED) is 0.841. The molecule has 5 nitrogen and oxygen atoms in total. The zero-order valence-electron chi connectivity index (χ0n) is 13.2. The molecule has 2 atom stereocenters. The number of nitrogens with zero attached hydrogens (tertiary/aromatic N) is 2. The van der Waals surface area contributed by atoms with Crippen molar-refractivity contribution in [1.82, 2.24) is 9.80 Å². The maximum Gasteiger partial charge on any atom is 0.255 e. The topological polar surface area (TPSA) is 42.0 Å². The van der Waals surface area contributed by atoms with Crippen molar-refractivity contribution in [2.45, 2.75) is 37.9 Å². The summed E-state index contributed by atoms with van der Waals surface area (Å²) in [5, 5.41) is 0. The van der Waals surface area contributed by atoms with E-state index in [1.54, 1.807) is 14.2 Å². The molecule has 118 valence electrons. The summed E-state index contributed by atoms with van der Waals surface area (Å²) in [6.45, 7) is 1.93. The van der Waals surface area contributed by atoms with Crippen LogP contribution in [0.1, 0.15) is 47.8 Å². The van der Waals surface area contributed by atoms with Crippen molar-refractivity contribution in [3.8, 4) is 11.5 Å². The first-order chi connectivity index (χ1) is 10.7. The molecule has 3 heterocycles. The molecule has 1 amide bonds. The molecule has 0 N–H and O–H groups in total. The van der Waals surface area contributed by atoms with Gasteiger partial charge < -0.3 is 14.4 Å². The first kappa shape index (κ1) is 13.9. The number of rotatable bonds is 2. The van der Waals surface area contributed by atoms with Gasteiger partial charge in [-0.15, -0.1) is 0 Å². The van der Waals surface area contributed by atoms with E-state index in [0.29, 0.717) is 17.5 Å². The van der Waals surface area contributed by atoms with Crippen LogP contribution in [0.15, 0.2) is 12.1 Å². The lowest BCUT2D eigenvalue weighted by atomic mass is 9.94. The van der Waals surface area contributed by atoms with Crippen LogP contribution >= 0.6 is 0 Å². The van der Waals surface area contributed by atoms with Gasteiger partial charge in [-0.2, -0.15) is 0 Å². The van der Waals surface area contributed by atoms with E-state index in [-0.39, 0.29) is 12.1 Å². The number of piperidine rings is 1. The number of ether oxygens (including phenoxy) is 2. The van der Waals surface area contributed by atoms with Gasteiger partial charge in [0.05, 0.1) is 19.8 Å². The second-order valence-corrected chi connectivity index (χ2v) is 6.34. The first-order valence-corrected chi connectivity index (χ1v) is 8.07. The van der Waals surface area contributed by atoms with Crippen molar-refractivity contribution in [2.24, 2.45) is 0 Å². The van der Waals surface area contributed by atoms with Crippen molar-refractivity contribution < 1.29 is 14.3 Å². The van der Waals surface area contributed by atoms with Crippen LogP contribution in [-0.2, 0) is 0 Å². The van der Waals surface area contributed by atoms with Crippen LogP contribution in [-0.4, -0.2) is 49.1 Å². The Morgan fingerprint density at radius 1 is 1.05 bits per heavy atom. The van der Waals surface area contributed by atoms with Crippen LogP contribution in [0.25, 0.3) is 0 Å². The van der Waals surface area contributed by atoms with Gasteiger partial charge in [0.25, 0.3) is 5.91 Å². The van der Waals surface area contributed by atoms with E-state index >= 15 is 0 Å². The van der Waals surface area contributed by atoms with Crippen molar-refractivity contribution >= 4 is 5.91 Å². The summed E-state index contributed by atoms with van der Waals surface area (Å²) in [6.07, 6.45) is 4.95. The Morgan fingerprint density at radius 3 is 2.59 bits per heavy atom. The van der Waals surface area contributed by atoms with Crippen LogP contribution in [0.4, 0.5) is 0 Å². The maximum atomic E-state index is 12.8. The lowest BCUT2D eigenvalue weighted by Gasteiger charge is -2.48. The van der Waals surface area contributed by atoms with Crippen LogP contribution < -0.4 is 9.47 Å². The summed E-state index contributed by atoms with van der Waals surface area (Å²) in [5.41, 5.74) is 1.85. The molecule has 0 aliphatic carbocycles. The predicted molar refractivity (Wildman–Crippen MR) is 82.3 cm³/mol.